The van der Waals surface area contributed by atoms with Crippen molar-refractivity contribution in [3.05, 3.63) is 32.7 Å². The predicted octanol–water partition coefficient (Wildman–Crippen LogP) is 4.21. The molecule has 1 aliphatic rings. The second-order valence-electron chi connectivity index (χ2n) is 4.07. The van der Waals surface area contributed by atoms with Gasteiger partial charge in [-0.3, -0.25) is 4.79 Å². The number of alkyl halides is 1. The molecule has 0 bridgehead atoms. The van der Waals surface area contributed by atoms with Gasteiger partial charge >= 0.3 is 0 Å². The maximum absolute atomic E-state index is 12.4. The highest BCUT2D eigenvalue weighted by Gasteiger charge is 2.29. The Morgan fingerprint density at radius 3 is 2.88 bits per heavy atom. The lowest BCUT2D eigenvalue weighted by Crippen LogP contribution is -2.36. The number of carbonyl (C=O) groups is 1. The summed E-state index contributed by atoms with van der Waals surface area (Å²) < 4.78 is 1.78. The number of hydrogen-bond acceptors (Lipinski definition) is 1. The SMILES string of the molecule is O=C(c1cc(Br)ccc1Br)N1CCCC1CBr. The lowest BCUT2D eigenvalue weighted by molar-refractivity contribution is 0.0749. The lowest BCUT2D eigenvalue weighted by Gasteiger charge is -2.23. The molecule has 0 saturated carbocycles. The van der Waals surface area contributed by atoms with Gasteiger partial charge in [0.25, 0.3) is 5.91 Å². The molecule has 1 aliphatic heterocycles. The average Bonchev–Trinajstić information content (AvgIpc) is 2.79. The van der Waals surface area contributed by atoms with E-state index >= 15 is 0 Å². The van der Waals surface area contributed by atoms with E-state index in [4.69, 9.17) is 0 Å². The minimum Gasteiger partial charge on any atom is -0.335 e. The topological polar surface area (TPSA) is 20.3 Å². The fourth-order valence-electron chi connectivity index (χ4n) is 2.08. The summed E-state index contributed by atoms with van der Waals surface area (Å²) in [5.41, 5.74) is 0.729. The van der Waals surface area contributed by atoms with Crippen molar-refractivity contribution in [2.24, 2.45) is 0 Å². The van der Waals surface area contributed by atoms with Gasteiger partial charge in [0.15, 0.2) is 0 Å². The minimum atomic E-state index is 0.111. The van der Waals surface area contributed by atoms with E-state index in [1.54, 1.807) is 0 Å². The summed E-state index contributed by atoms with van der Waals surface area (Å²) in [5, 5.41) is 0.852. The van der Waals surface area contributed by atoms with E-state index in [0.717, 1.165) is 39.2 Å². The summed E-state index contributed by atoms with van der Waals surface area (Å²) in [7, 11) is 0. The van der Waals surface area contributed by atoms with Crippen molar-refractivity contribution < 1.29 is 4.79 Å². The van der Waals surface area contributed by atoms with Crippen molar-refractivity contribution >= 4 is 53.7 Å². The van der Waals surface area contributed by atoms with Crippen LogP contribution in [0.4, 0.5) is 0 Å². The van der Waals surface area contributed by atoms with Crippen molar-refractivity contribution in [1.29, 1.82) is 0 Å². The summed E-state index contributed by atoms with van der Waals surface area (Å²) in [6.45, 7) is 0.855. The molecule has 0 radical (unpaired) electrons. The number of amides is 1. The first kappa shape index (κ1) is 13.6. The molecule has 92 valence electrons. The van der Waals surface area contributed by atoms with Gasteiger partial charge in [0.05, 0.1) is 5.56 Å². The monoisotopic (exact) mass is 423 g/mol. The van der Waals surface area contributed by atoms with Crippen LogP contribution in [0, 0.1) is 0 Å². The summed E-state index contributed by atoms with van der Waals surface area (Å²) in [5.74, 6) is 0.111. The Balaban J connectivity index is 2.27. The zero-order chi connectivity index (χ0) is 12.4. The van der Waals surface area contributed by atoms with Gasteiger partial charge in [-0.05, 0) is 47.0 Å². The van der Waals surface area contributed by atoms with Gasteiger partial charge in [0.2, 0.25) is 0 Å². The zero-order valence-electron chi connectivity index (χ0n) is 9.13. The average molecular weight is 426 g/mol. The first-order valence-corrected chi connectivity index (χ1v) is 8.16. The van der Waals surface area contributed by atoms with Gasteiger partial charge in [-0.15, -0.1) is 0 Å². The maximum Gasteiger partial charge on any atom is 0.255 e. The predicted molar refractivity (Wildman–Crippen MR) is 79.7 cm³/mol. The van der Waals surface area contributed by atoms with Gasteiger partial charge in [0.1, 0.15) is 0 Å². The number of carbonyl (C=O) groups excluding carboxylic acids is 1. The van der Waals surface area contributed by atoms with Crippen LogP contribution in [0.3, 0.4) is 0 Å². The zero-order valence-corrected chi connectivity index (χ0v) is 13.9. The van der Waals surface area contributed by atoms with Crippen molar-refractivity contribution in [2.45, 2.75) is 18.9 Å². The standard InChI is InChI=1S/C12H12Br3NO/c13-7-9-2-1-5-16(9)12(17)10-6-8(14)3-4-11(10)15/h3-4,6,9H,1-2,5,7H2. The fraction of sp³-hybridized carbons (Fsp3) is 0.417. The third-order valence-corrected chi connectivity index (χ3v) is 4.91. The summed E-state index contributed by atoms with van der Waals surface area (Å²) in [6.07, 6.45) is 2.18. The number of rotatable bonds is 2. The lowest BCUT2D eigenvalue weighted by atomic mass is 10.2. The van der Waals surface area contributed by atoms with Crippen LogP contribution in [-0.4, -0.2) is 28.7 Å². The Labute approximate surface area is 126 Å². The van der Waals surface area contributed by atoms with Gasteiger partial charge < -0.3 is 4.90 Å². The Hall–Kier alpha value is 0.130. The van der Waals surface area contributed by atoms with E-state index < -0.39 is 0 Å². The van der Waals surface area contributed by atoms with E-state index in [1.165, 1.54) is 0 Å². The third kappa shape index (κ3) is 2.93. The molecule has 5 heteroatoms. The molecule has 1 aromatic carbocycles. The number of nitrogens with zero attached hydrogens (tertiary/aromatic N) is 1. The summed E-state index contributed by atoms with van der Waals surface area (Å²) in [4.78, 5) is 14.4. The smallest absolute Gasteiger partial charge is 0.255 e. The highest BCUT2D eigenvalue weighted by Crippen LogP contribution is 2.27. The summed E-state index contributed by atoms with van der Waals surface area (Å²) in [6, 6.07) is 6.02. The van der Waals surface area contributed by atoms with Crippen LogP contribution >= 0.6 is 47.8 Å². The molecular formula is C12H12Br3NO. The molecule has 0 aliphatic carbocycles. The molecule has 1 aromatic rings. The first-order valence-electron chi connectivity index (χ1n) is 5.45. The number of likely N-dealkylation sites (tertiary alicyclic amines) is 1. The molecular weight excluding hydrogens is 414 g/mol. The molecule has 17 heavy (non-hydrogen) atoms. The minimum absolute atomic E-state index is 0.111. The van der Waals surface area contributed by atoms with Crippen LogP contribution in [0.15, 0.2) is 27.1 Å². The highest BCUT2D eigenvalue weighted by atomic mass is 79.9. The maximum atomic E-state index is 12.4. The molecule has 1 unspecified atom stereocenters. The van der Waals surface area contributed by atoms with Gasteiger partial charge in [-0.1, -0.05) is 31.9 Å². The van der Waals surface area contributed by atoms with E-state index in [9.17, 15) is 4.79 Å². The molecule has 1 atom stereocenters. The van der Waals surface area contributed by atoms with Gasteiger partial charge in [0, 0.05) is 26.9 Å². The number of benzene rings is 1. The van der Waals surface area contributed by atoms with Crippen molar-refractivity contribution in [3.8, 4) is 0 Å². The van der Waals surface area contributed by atoms with Crippen LogP contribution in [0.2, 0.25) is 0 Å². The second kappa shape index (κ2) is 5.85. The molecule has 1 saturated heterocycles. The quantitative estimate of drug-likeness (QED) is 0.650. The molecule has 1 amide bonds. The van der Waals surface area contributed by atoms with Crippen LogP contribution in [-0.2, 0) is 0 Å². The Bertz CT molecular complexity index is 436. The Kier molecular flexibility index (Phi) is 4.66. The van der Waals surface area contributed by atoms with Crippen molar-refractivity contribution in [3.63, 3.8) is 0 Å². The molecule has 2 rings (SSSR count). The van der Waals surface area contributed by atoms with Crippen LogP contribution in [0.25, 0.3) is 0 Å². The molecule has 1 fully saturated rings. The number of hydrogen-bond donors (Lipinski definition) is 0. The molecule has 2 nitrogen and oxygen atoms in total. The van der Waals surface area contributed by atoms with E-state index in [2.05, 4.69) is 47.8 Å². The van der Waals surface area contributed by atoms with Crippen LogP contribution in [0.1, 0.15) is 23.2 Å². The molecule has 0 N–H and O–H groups in total. The van der Waals surface area contributed by atoms with Crippen LogP contribution < -0.4 is 0 Å². The number of halogens is 3. The largest absolute Gasteiger partial charge is 0.335 e. The van der Waals surface area contributed by atoms with Crippen molar-refractivity contribution in [2.75, 3.05) is 11.9 Å². The van der Waals surface area contributed by atoms with E-state index in [0.29, 0.717) is 6.04 Å². The Morgan fingerprint density at radius 2 is 2.18 bits per heavy atom. The van der Waals surface area contributed by atoms with E-state index in [1.807, 2.05) is 23.1 Å². The molecule has 1 heterocycles. The normalized spacial score (nSPS) is 19.7. The first-order chi connectivity index (χ1) is 8.13. The second-order valence-corrected chi connectivity index (χ2v) is 6.49. The molecule has 0 aromatic heterocycles. The molecule has 0 spiro atoms. The third-order valence-electron chi connectivity index (χ3n) is 2.97. The summed E-state index contributed by atoms with van der Waals surface area (Å²) >= 11 is 10.3. The Morgan fingerprint density at radius 1 is 1.41 bits per heavy atom. The van der Waals surface area contributed by atoms with Crippen LogP contribution in [0.5, 0.6) is 0 Å². The van der Waals surface area contributed by atoms with E-state index in [-0.39, 0.29) is 5.91 Å². The highest BCUT2D eigenvalue weighted by molar-refractivity contribution is 9.11. The van der Waals surface area contributed by atoms with Gasteiger partial charge in [-0.2, -0.15) is 0 Å². The van der Waals surface area contributed by atoms with Gasteiger partial charge in [-0.25, -0.2) is 0 Å². The fourth-order valence-corrected chi connectivity index (χ4v) is 3.53. The van der Waals surface area contributed by atoms with Crippen molar-refractivity contribution in [1.82, 2.24) is 4.90 Å².